The van der Waals surface area contributed by atoms with E-state index in [9.17, 15) is 9.18 Å². The second-order valence-electron chi connectivity index (χ2n) is 7.77. The van der Waals surface area contributed by atoms with Gasteiger partial charge in [0.05, 0.1) is 31.7 Å². The summed E-state index contributed by atoms with van der Waals surface area (Å²) in [5.74, 6) is 1.25. The number of aromatic nitrogens is 2. The third kappa shape index (κ3) is 5.43. The summed E-state index contributed by atoms with van der Waals surface area (Å²) >= 11 is 5.80. The van der Waals surface area contributed by atoms with Crippen molar-refractivity contribution in [3.05, 3.63) is 53.1 Å². The molecular formula is C23H24ClFN4O4. The highest BCUT2D eigenvalue weighted by molar-refractivity contribution is 6.31. The molecule has 33 heavy (non-hydrogen) atoms. The first kappa shape index (κ1) is 23.0. The number of likely N-dealkylation sites (tertiary alicyclic amines) is 1. The maximum Gasteiger partial charge on any atom is 0.241 e. The van der Waals surface area contributed by atoms with Crippen LogP contribution in [-0.4, -0.2) is 48.3 Å². The number of benzene rings is 2. The predicted molar refractivity (Wildman–Crippen MR) is 121 cm³/mol. The Bertz CT molecular complexity index is 1140. The zero-order chi connectivity index (χ0) is 23.4. The van der Waals surface area contributed by atoms with Crippen molar-refractivity contribution in [2.75, 3.05) is 32.6 Å². The lowest BCUT2D eigenvalue weighted by molar-refractivity contribution is -0.121. The van der Waals surface area contributed by atoms with Crippen molar-refractivity contribution in [2.24, 2.45) is 5.92 Å². The molecule has 1 aromatic heterocycles. The number of amides is 1. The van der Waals surface area contributed by atoms with E-state index in [4.69, 9.17) is 25.6 Å². The van der Waals surface area contributed by atoms with Gasteiger partial charge >= 0.3 is 0 Å². The number of piperidine rings is 1. The lowest BCUT2D eigenvalue weighted by Gasteiger charge is -2.30. The van der Waals surface area contributed by atoms with Crippen LogP contribution in [0.3, 0.4) is 0 Å². The number of nitrogens with zero attached hydrogens (tertiary/aromatic N) is 3. The van der Waals surface area contributed by atoms with Crippen molar-refractivity contribution in [3.8, 4) is 22.9 Å². The summed E-state index contributed by atoms with van der Waals surface area (Å²) in [5, 5.41) is 6.87. The Balaban J connectivity index is 1.38. The fourth-order valence-electron chi connectivity index (χ4n) is 3.83. The Morgan fingerprint density at radius 3 is 2.82 bits per heavy atom. The number of ether oxygens (including phenoxy) is 2. The van der Waals surface area contributed by atoms with E-state index in [1.165, 1.54) is 18.2 Å². The van der Waals surface area contributed by atoms with Crippen LogP contribution in [0.5, 0.6) is 11.5 Å². The molecule has 0 bridgehead atoms. The maximum atomic E-state index is 13.3. The van der Waals surface area contributed by atoms with Crippen molar-refractivity contribution in [2.45, 2.75) is 19.4 Å². The number of halogens is 2. The molecule has 2 heterocycles. The van der Waals surface area contributed by atoms with Crippen LogP contribution in [0.1, 0.15) is 18.7 Å². The van der Waals surface area contributed by atoms with Crippen LogP contribution >= 0.6 is 11.6 Å². The Hall–Kier alpha value is -3.17. The van der Waals surface area contributed by atoms with Gasteiger partial charge in [0.15, 0.2) is 11.5 Å². The van der Waals surface area contributed by atoms with Crippen molar-refractivity contribution >= 4 is 23.2 Å². The standard InChI is InChI=1S/C23H24ClFN4O4/c1-31-19-8-5-14(10-20(19)32-2)22-27-21(33-28-22)13-29-9-3-4-15(12-29)23(30)26-16-6-7-18(25)17(24)11-16/h5-8,10-11,15H,3-4,9,12-13H2,1-2H3,(H,26,30)/t15-/m1/s1. The van der Waals surface area contributed by atoms with Crippen LogP contribution in [0, 0.1) is 11.7 Å². The van der Waals surface area contributed by atoms with Crippen molar-refractivity contribution in [1.29, 1.82) is 0 Å². The number of anilines is 1. The number of hydrogen-bond donors (Lipinski definition) is 1. The number of hydrogen-bond acceptors (Lipinski definition) is 7. The zero-order valence-corrected chi connectivity index (χ0v) is 19.1. The third-order valence-corrected chi connectivity index (χ3v) is 5.82. The van der Waals surface area contributed by atoms with Gasteiger partial charge in [0, 0.05) is 17.8 Å². The molecule has 8 nitrogen and oxygen atoms in total. The largest absolute Gasteiger partial charge is 0.493 e. The summed E-state index contributed by atoms with van der Waals surface area (Å²) in [7, 11) is 3.14. The number of carbonyl (C=O) groups is 1. The molecule has 1 fully saturated rings. The fraction of sp³-hybridized carbons (Fsp3) is 0.348. The van der Waals surface area contributed by atoms with Gasteiger partial charge in [-0.1, -0.05) is 16.8 Å². The molecule has 1 aliphatic rings. The molecule has 10 heteroatoms. The van der Waals surface area contributed by atoms with Crippen LogP contribution in [0.2, 0.25) is 5.02 Å². The molecule has 174 valence electrons. The summed E-state index contributed by atoms with van der Waals surface area (Å²) in [6.07, 6.45) is 1.62. The molecule has 3 aromatic rings. The van der Waals surface area contributed by atoms with Gasteiger partial charge in [-0.15, -0.1) is 0 Å². The Labute approximate surface area is 195 Å². The van der Waals surface area contributed by atoms with E-state index < -0.39 is 5.82 Å². The number of nitrogens with one attached hydrogen (secondary N) is 1. The maximum absolute atomic E-state index is 13.3. The first-order valence-electron chi connectivity index (χ1n) is 10.5. The molecule has 0 radical (unpaired) electrons. The van der Waals surface area contributed by atoms with Gasteiger partial charge in [0.2, 0.25) is 17.6 Å². The average Bonchev–Trinajstić information content (AvgIpc) is 3.29. The lowest BCUT2D eigenvalue weighted by atomic mass is 9.97. The highest BCUT2D eigenvalue weighted by Gasteiger charge is 2.27. The van der Waals surface area contributed by atoms with Crippen LogP contribution in [0.4, 0.5) is 10.1 Å². The monoisotopic (exact) mass is 474 g/mol. The van der Waals surface area contributed by atoms with Crippen molar-refractivity contribution in [3.63, 3.8) is 0 Å². The summed E-state index contributed by atoms with van der Waals surface area (Å²) in [4.78, 5) is 19.3. The molecule has 4 rings (SSSR count). The molecule has 0 spiro atoms. The van der Waals surface area contributed by atoms with Crippen molar-refractivity contribution in [1.82, 2.24) is 15.0 Å². The SMILES string of the molecule is COc1ccc(-c2noc(CN3CCC[C@@H](C(=O)Nc4ccc(F)c(Cl)c4)C3)n2)cc1OC. The highest BCUT2D eigenvalue weighted by atomic mass is 35.5. The minimum absolute atomic E-state index is 0.0280. The second-order valence-corrected chi connectivity index (χ2v) is 8.18. The smallest absolute Gasteiger partial charge is 0.241 e. The molecule has 1 saturated heterocycles. The first-order chi connectivity index (χ1) is 16.0. The van der Waals surface area contributed by atoms with E-state index in [1.807, 2.05) is 6.07 Å². The van der Waals surface area contributed by atoms with Gasteiger partial charge < -0.3 is 19.3 Å². The topological polar surface area (TPSA) is 89.7 Å². The van der Waals surface area contributed by atoms with Gasteiger partial charge in [-0.05, 0) is 55.8 Å². The van der Waals surface area contributed by atoms with Crippen LogP contribution < -0.4 is 14.8 Å². The predicted octanol–water partition coefficient (Wildman–Crippen LogP) is 4.40. The summed E-state index contributed by atoms with van der Waals surface area (Å²) in [6.45, 7) is 1.81. The second kappa shape index (κ2) is 10.2. The van der Waals surface area contributed by atoms with Gasteiger partial charge in [-0.2, -0.15) is 4.98 Å². The fourth-order valence-corrected chi connectivity index (χ4v) is 4.01. The van der Waals surface area contributed by atoms with E-state index in [0.717, 1.165) is 24.9 Å². The van der Waals surface area contributed by atoms with E-state index in [0.29, 0.717) is 42.0 Å². The van der Waals surface area contributed by atoms with Crippen LogP contribution in [-0.2, 0) is 11.3 Å². The van der Waals surface area contributed by atoms with Crippen molar-refractivity contribution < 1.29 is 23.2 Å². The Kier molecular flexibility index (Phi) is 7.10. The molecule has 0 saturated carbocycles. The average molecular weight is 475 g/mol. The Morgan fingerprint density at radius 2 is 2.06 bits per heavy atom. The molecule has 1 N–H and O–H groups in total. The molecule has 1 atom stereocenters. The van der Waals surface area contributed by atoms with Gasteiger partial charge in [0.25, 0.3) is 0 Å². The minimum atomic E-state index is -0.523. The van der Waals surface area contributed by atoms with Gasteiger partial charge in [-0.25, -0.2) is 4.39 Å². The van der Waals surface area contributed by atoms with E-state index >= 15 is 0 Å². The highest BCUT2D eigenvalue weighted by Crippen LogP contribution is 2.31. The zero-order valence-electron chi connectivity index (χ0n) is 18.3. The first-order valence-corrected chi connectivity index (χ1v) is 10.9. The summed E-state index contributed by atoms with van der Waals surface area (Å²) in [6, 6.07) is 9.54. The molecule has 0 aliphatic carbocycles. The lowest BCUT2D eigenvalue weighted by Crippen LogP contribution is -2.40. The molecule has 0 unspecified atom stereocenters. The third-order valence-electron chi connectivity index (χ3n) is 5.53. The van der Waals surface area contributed by atoms with Crippen LogP contribution in [0.15, 0.2) is 40.9 Å². The van der Waals surface area contributed by atoms with Crippen LogP contribution in [0.25, 0.3) is 11.4 Å². The van der Waals surface area contributed by atoms with E-state index in [-0.39, 0.29) is 16.8 Å². The number of methoxy groups -OCH3 is 2. The van der Waals surface area contributed by atoms with Gasteiger partial charge in [-0.3, -0.25) is 9.69 Å². The van der Waals surface area contributed by atoms with Gasteiger partial charge in [0.1, 0.15) is 5.82 Å². The van der Waals surface area contributed by atoms with E-state index in [1.54, 1.807) is 26.4 Å². The number of carbonyl (C=O) groups excluding carboxylic acids is 1. The normalized spacial score (nSPS) is 16.4. The molecule has 1 aliphatic heterocycles. The summed E-state index contributed by atoms with van der Waals surface area (Å²) in [5.41, 5.74) is 1.22. The summed E-state index contributed by atoms with van der Waals surface area (Å²) < 4.78 is 29.4. The quantitative estimate of drug-likeness (QED) is 0.543. The Morgan fingerprint density at radius 1 is 1.24 bits per heavy atom. The molecule has 2 aromatic carbocycles. The molecule has 1 amide bonds. The molecular weight excluding hydrogens is 451 g/mol. The van der Waals surface area contributed by atoms with E-state index in [2.05, 4.69) is 20.4 Å². The number of rotatable bonds is 7. The minimum Gasteiger partial charge on any atom is -0.493 e.